The number of likely N-dealkylation sites (N-methyl/N-ethyl adjacent to an activating group) is 1. The standard InChI is InChI=1S/C13H27N3O/c1-5-16(9-12-7-6-8-14-12)11(4)13(17)15-10(2)3/h10-12,14H,5-9H2,1-4H3,(H,15,17). The molecular formula is C13H27N3O. The summed E-state index contributed by atoms with van der Waals surface area (Å²) in [5.74, 6) is 0.139. The van der Waals surface area contributed by atoms with Crippen molar-refractivity contribution in [3.8, 4) is 0 Å². The van der Waals surface area contributed by atoms with Crippen LogP contribution >= 0.6 is 0 Å². The Kier molecular flexibility index (Phi) is 5.92. The zero-order valence-electron chi connectivity index (χ0n) is 11.6. The van der Waals surface area contributed by atoms with Crippen LogP contribution in [0.3, 0.4) is 0 Å². The maximum atomic E-state index is 12.0. The lowest BCUT2D eigenvalue weighted by molar-refractivity contribution is -0.126. The van der Waals surface area contributed by atoms with Gasteiger partial charge in [0, 0.05) is 18.6 Å². The third kappa shape index (κ3) is 4.64. The molecule has 1 heterocycles. The van der Waals surface area contributed by atoms with Crippen molar-refractivity contribution < 1.29 is 4.79 Å². The molecule has 17 heavy (non-hydrogen) atoms. The maximum absolute atomic E-state index is 12.0. The fourth-order valence-corrected chi connectivity index (χ4v) is 2.33. The van der Waals surface area contributed by atoms with Gasteiger partial charge in [-0.15, -0.1) is 0 Å². The third-order valence-corrected chi connectivity index (χ3v) is 3.38. The highest BCUT2D eigenvalue weighted by atomic mass is 16.2. The van der Waals surface area contributed by atoms with Gasteiger partial charge in [-0.2, -0.15) is 0 Å². The van der Waals surface area contributed by atoms with E-state index in [-0.39, 0.29) is 18.0 Å². The van der Waals surface area contributed by atoms with Crippen LogP contribution in [0, 0.1) is 0 Å². The Bertz CT molecular complexity index is 237. The largest absolute Gasteiger partial charge is 0.353 e. The molecule has 1 fully saturated rings. The summed E-state index contributed by atoms with van der Waals surface area (Å²) in [5, 5.41) is 6.46. The van der Waals surface area contributed by atoms with E-state index in [0.717, 1.165) is 19.6 Å². The van der Waals surface area contributed by atoms with E-state index < -0.39 is 0 Å². The van der Waals surface area contributed by atoms with Crippen LogP contribution in [0.5, 0.6) is 0 Å². The van der Waals surface area contributed by atoms with Crippen LogP contribution in [-0.2, 0) is 4.79 Å². The van der Waals surface area contributed by atoms with E-state index in [0.29, 0.717) is 6.04 Å². The normalized spacial score (nSPS) is 22.1. The van der Waals surface area contributed by atoms with Crippen molar-refractivity contribution in [1.29, 1.82) is 0 Å². The van der Waals surface area contributed by atoms with Gasteiger partial charge >= 0.3 is 0 Å². The molecule has 0 aromatic heterocycles. The Balaban J connectivity index is 2.44. The molecule has 2 atom stereocenters. The number of hydrogen-bond donors (Lipinski definition) is 2. The highest BCUT2D eigenvalue weighted by Crippen LogP contribution is 2.09. The minimum atomic E-state index is -0.0372. The topological polar surface area (TPSA) is 44.4 Å². The number of amides is 1. The second-order valence-corrected chi connectivity index (χ2v) is 5.22. The molecule has 0 radical (unpaired) electrons. The smallest absolute Gasteiger partial charge is 0.237 e. The summed E-state index contributed by atoms with van der Waals surface area (Å²) in [6.07, 6.45) is 2.49. The van der Waals surface area contributed by atoms with E-state index in [9.17, 15) is 4.79 Å². The Morgan fingerprint density at radius 1 is 1.47 bits per heavy atom. The molecule has 0 aromatic carbocycles. The van der Waals surface area contributed by atoms with Crippen molar-refractivity contribution in [3.63, 3.8) is 0 Å². The Hall–Kier alpha value is -0.610. The fourth-order valence-electron chi connectivity index (χ4n) is 2.33. The monoisotopic (exact) mass is 241 g/mol. The molecule has 2 N–H and O–H groups in total. The second-order valence-electron chi connectivity index (χ2n) is 5.22. The first-order chi connectivity index (χ1) is 8.04. The number of carbonyl (C=O) groups is 1. The lowest BCUT2D eigenvalue weighted by atomic mass is 10.1. The van der Waals surface area contributed by atoms with Gasteiger partial charge in [0.1, 0.15) is 0 Å². The molecule has 0 bridgehead atoms. The number of nitrogens with one attached hydrogen (secondary N) is 2. The first kappa shape index (κ1) is 14.5. The van der Waals surface area contributed by atoms with Crippen molar-refractivity contribution in [2.45, 2.75) is 58.7 Å². The van der Waals surface area contributed by atoms with Gasteiger partial charge in [0.25, 0.3) is 0 Å². The second kappa shape index (κ2) is 6.97. The summed E-state index contributed by atoms with van der Waals surface area (Å²) in [6.45, 7) is 11.1. The van der Waals surface area contributed by atoms with Gasteiger partial charge in [-0.25, -0.2) is 0 Å². The molecule has 1 aliphatic heterocycles. The molecular weight excluding hydrogens is 214 g/mol. The van der Waals surface area contributed by atoms with Crippen molar-refractivity contribution in [2.75, 3.05) is 19.6 Å². The molecule has 1 rings (SSSR count). The van der Waals surface area contributed by atoms with Crippen molar-refractivity contribution >= 4 is 5.91 Å². The number of rotatable bonds is 6. The van der Waals surface area contributed by atoms with Gasteiger partial charge in [-0.05, 0) is 46.7 Å². The number of nitrogens with zero attached hydrogens (tertiary/aromatic N) is 1. The molecule has 1 saturated heterocycles. The lowest BCUT2D eigenvalue weighted by Crippen LogP contribution is -2.50. The van der Waals surface area contributed by atoms with E-state index in [1.165, 1.54) is 12.8 Å². The predicted octanol–water partition coefficient (Wildman–Crippen LogP) is 0.973. The third-order valence-electron chi connectivity index (χ3n) is 3.38. The van der Waals surface area contributed by atoms with Crippen molar-refractivity contribution in [3.05, 3.63) is 0 Å². The van der Waals surface area contributed by atoms with E-state index in [1.54, 1.807) is 0 Å². The van der Waals surface area contributed by atoms with Gasteiger partial charge in [0.15, 0.2) is 0 Å². The summed E-state index contributed by atoms with van der Waals surface area (Å²) in [4.78, 5) is 14.2. The van der Waals surface area contributed by atoms with E-state index in [1.807, 2.05) is 20.8 Å². The van der Waals surface area contributed by atoms with Crippen LogP contribution in [0.4, 0.5) is 0 Å². The highest BCUT2D eigenvalue weighted by molar-refractivity contribution is 5.81. The molecule has 1 amide bonds. The molecule has 100 valence electrons. The Morgan fingerprint density at radius 2 is 2.18 bits per heavy atom. The number of carbonyl (C=O) groups excluding carboxylic acids is 1. The highest BCUT2D eigenvalue weighted by Gasteiger charge is 2.24. The molecule has 4 nitrogen and oxygen atoms in total. The predicted molar refractivity (Wildman–Crippen MR) is 71.0 cm³/mol. The first-order valence-electron chi connectivity index (χ1n) is 6.82. The van der Waals surface area contributed by atoms with Crippen molar-refractivity contribution in [2.24, 2.45) is 0 Å². The Morgan fingerprint density at radius 3 is 2.65 bits per heavy atom. The van der Waals surface area contributed by atoms with Gasteiger partial charge in [0.2, 0.25) is 5.91 Å². The van der Waals surface area contributed by atoms with Crippen molar-refractivity contribution in [1.82, 2.24) is 15.5 Å². The molecule has 0 aliphatic carbocycles. The molecule has 2 unspecified atom stereocenters. The fraction of sp³-hybridized carbons (Fsp3) is 0.923. The molecule has 1 aliphatic rings. The number of hydrogen-bond acceptors (Lipinski definition) is 3. The molecule has 4 heteroatoms. The average Bonchev–Trinajstić information content (AvgIpc) is 2.76. The summed E-state index contributed by atoms with van der Waals surface area (Å²) >= 11 is 0. The van der Waals surface area contributed by atoms with Gasteiger partial charge in [-0.1, -0.05) is 6.92 Å². The van der Waals surface area contributed by atoms with Crippen LogP contribution in [0.15, 0.2) is 0 Å². The quantitative estimate of drug-likeness (QED) is 0.728. The summed E-state index contributed by atoms with van der Waals surface area (Å²) in [7, 11) is 0. The summed E-state index contributed by atoms with van der Waals surface area (Å²) < 4.78 is 0. The van der Waals surface area contributed by atoms with E-state index in [4.69, 9.17) is 0 Å². The van der Waals surface area contributed by atoms with Gasteiger partial charge in [-0.3, -0.25) is 9.69 Å². The molecule has 0 aromatic rings. The molecule has 0 spiro atoms. The first-order valence-corrected chi connectivity index (χ1v) is 6.82. The van der Waals surface area contributed by atoms with Gasteiger partial charge in [0.05, 0.1) is 6.04 Å². The maximum Gasteiger partial charge on any atom is 0.237 e. The minimum absolute atomic E-state index is 0.0372. The summed E-state index contributed by atoms with van der Waals surface area (Å²) in [5.41, 5.74) is 0. The average molecular weight is 241 g/mol. The zero-order chi connectivity index (χ0) is 12.8. The van der Waals surface area contributed by atoms with E-state index >= 15 is 0 Å². The lowest BCUT2D eigenvalue weighted by Gasteiger charge is -2.30. The van der Waals surface area contributed by atoms with Crippen LogP contribution in [-0.4, -0.2) is 48.6 Å². The van der Waals surface area contributed by atoms with Crippen LogP contribution in [0.25, 0.3) is 0 Å². The minimum Gasteiger partial charge on any atom is -0.353 e. The van der Waals surface area contributed by atoms with Crippen LogP contribution in [0.2, 0.25) is 0 Å². The summed E-state index contributed by atoms with van der Waals surface area (Å²) in [6, 6.07) is 0.738. The van der Waals surface area contributed by atoms with Gasteiger partial charge < -0.3 is 10.6 Å². The Labute approximate surface area is 105 Å². The van der Waals surface area contributed by atoms with Crippen LogP contribution in [0.1, 0.15) is 40.5 Å². The molecule has 0 saturated carbocycles. The zero-order valence-corrected chi connectivity index (χ0v) is 11.6. The SMILES string of the molecule is CCN(CC1CCCN1)C(C)C(=O)NC(C)C. The van der Waals surface area contributed by atoms with E-state index in [2.05, 4.69) is 22.5 Å². The van der Waals surface area contributed by atoms with Crippen LogP contribution < -0.4 is 10.6 Å².